The van der Waals surface area contributed by atoms with Crippen LogP contribution in [0.4, 0.5) is 0 Å². The van der Waals surface area contributed by atoms with E-state index in [-0.39, 0.29) is 11.9 Å². The second-order valence-electron chi connectivity index (χ2n) is 2.75. The van der Waals surface area contributed by atoms with Gasteiger partial charge in [0, 0.05) is 13.0 Å². The Hall–Kier alpha value is -0.810. The first-order chi connectivity index (χ1) is 5.66. The summed E-state index contributed by atoms with van der Waals surface area (Å²) in [6, 6.07) is 0. The average molecular weight is 175 g/mol. The number of rotatable bonds is 6. The molecule has 0 aliphatic rings. The van der Waals surface area contributed by atoms with Gasteiger partial charge in [0.2, 0.25) is 0 Å². The normalized spacial score (nSPS) is 14.7. The third-order valence-electron chi connectivity index (χ3n) is 1.35. The molecule has 0 aromatic carbocycles. The summed E-state index contributed by atoms with van der Waals surface area (Å²) in [6.45, 7) is 3.06. The van der Waals surface area contributed by atoms with Gasteiger partial charge in [0.25, 0.3) is 0 Å². The van der Waals surface area contributed by atoms with Crippen molar-refractivity contribution in [1.82, 2.24) is 5.32 Å². The fraction of sp³-hybridized carbons (Fsp3) is 0.857. The standard InChI is InChI=1S/C7H17N3O2/c1-6(11)5-9-4-2-3-7(8)10-12/h6,9,11-12H,2-5H2,1H3,(H2,8,10). The molecule has 0 heterocycles. The topological polar surface area (TPSA) is 90.9 Å². The zero-order valence-corrected chi connectivity index (χ0v) is 7.32. The molecule has 0 aromatic heterocycles. The number of hydrogen-bond donors (Lipinski definition) is 4. The maximum absolute atomic E-state index is 8.86. The summed E-state index contributed by atoms with van der Waals surface area (Å²) >= 11 is 0. The predicted octanol–water partition coefficient (Wildman–Crippen LogP) is -0.517. The third-order valence-corrected chi connectivity index (χ3v) is 1.35. The molecule has 5 N–H and O–H groups in total. The summed E-state index contributed by atoms with van der Waals surface area (Å²) in [5.41, 5.74) is 5.24. The Morgan fingerprint density at radius 2 is 2.33 bits per heavy atom. The van der Waals surface area contributed by atoms with Gasteiger partial charge >= 0.3 is 0 Å². The van der Waals surface area contributed by atoms with Gasteiger partial charge in [-0.1, -0.05) is 5.16 Å². The lowest BCUT2D eigenvalue weighted by Gasteiger charge is -2.05. The number of oxime groups is 1. The highest BCUT2D eigenvalue weighted by Gasteiger charge is 1.95. The minimum atomic E-state index is -0.325. The molecular formula is C7H17N3O2. The average Bonchev–Trinajstić information content (AvgIpc) is 2.03. The lowest BCUT2D eigenvalue weighted by Crippen LogP contribution is -2.26. The molecule has 0 amide bonds. The minimum absolute atomic E-state index is 0.244. The number of aliphatic hydroxyl groups is 1. The van der Waals surface area contributed by atoms with Crippen LogP contribution in [0, 0.1) is 0 Å². The summed E-state index contributed by atoms with van der Waals surface area (Å²) in [5.74, 6) is 0.244. The molecule has 0 aliphatic carbocycles. The van der Waals surface area contributed by atoms with Crippen molar-refractivity contribution in [3.05, 3.63) is 0 Å². The largest absolute Gasteiger partial charge is 0.409 e. The van der Waals surface area contributed by atoms with Crippen LogP contribution < -0.4 is 11.1 Å². The lowest BCUT2D eigenvalue weighted by atomic mass is 10.3. The van der Waals surface area contributed by atoms with Gasteiger partial charge in [-0.05, 0) is 19.9 Å². The van der Waals surface area contributed by atoms with E-state index in [9.17, 15) is 0 Å². The maximum atomic E-state index is 8.86. The summed E-state index contributed by atoms with van der Waals surface area (Å²) in [4.78, 5) is 0. The van der Waals surface area contributed by atoms with Crippen molar-refractivity contribution in [3.63, 3.8) is 0 Å². The van der Waals surface area contributed by atoms with Crippen LogP contribution in [-0.2, 0) is 0 Å². The second kappa shape index (κ2) is 6.87. The van der Waals surface area contributed by atoms with E-state index in [1.165, 1.54) is 0 Å². The van der Waals surface area contributed by atoms with Crippen LogP contribution in [0.25, 0.3) is 0 Å². The Labute approximate surface area is 72.3 Å². The van der Waals surface area contributed by atoms with E-state index < -0.39 is 0 Å². The SMILES string of the molecule is CC(O)CNCCCC(N)=NO. The molecule has 0 rings (SSSR count). The van der Waals surface area contributed by atoms with E-state index in [0.717, 1.165) is 13.0 Å². The summed E-state index contributed by atoms with van der Waals surface area (Å²) in [6.07, 6.45) is 1.06. The number of hydrogen-bond acceptors (Lipinski definition) is 4. The lowest BCUT2D eigenvalue weighted by molar-refractivity contribution is 0.191. The van der Waals surface area contributed by atoms with Crippen LogP contribution in [0.15, 0.2) is 5.16 Å². The molecule has 0 radical (unpaired) electrons. The highest BCUT2D eigenvalue weighted by molar-refractivity contribution is 5.79. The molecule has 1 unspecified atom stereocenters. The van der Waals surface area contributed by atoms with Crippen molar-refractivity contribution in [2.45, 2.75) is 25.9 Å². The summed E-state index contributed by atoms with van der Waals surface area (Å²) < 4.78 is 0. The summed E-state index contributed by atoms with van der Waals surface area (Å²) in [5, 5.41) is 22.9. The smallest absolute Gasteiger partial charge is 0.139 e. The zero-order valence-electron chi connectivity index (χ0n) is 7.32. The molecule has 1 atom stereocenters. The van der Waals surface area contributed by atoms with Crippen LogP contribution >= 0.6 is 0 Å². The van der Waals surface area contributed by atoms with Crippen molar-refractivity contribution >= 4 is 5.84 Å². The number of nitrogens with two attached hydrogens (primary N) is 1. The molecule has 0 saturated carbocycles. The van der Waals surface area contributed by atoms with E-state index in [4.69, 9.17) is 16.0 Å². The highest BCUT2D eigenvalue weighted by Crippen LogP contribution is 1.86. The summed E-state index contributed by atoms with van der Waals surface area (Å²) in [7, 11) is 0. The molecule has 0 saturated heterocycles. The van der Waals surface area contributed by atoms with Gasteiger partial charge in [0.1, 0.15) is 5.84 Å². The van der Waals surface area contributed by atoms with Gasteiger partial charge in [0.15, 0.2) is 0 Å². The fourth-order valence-electron chi connectivity index (χ4n) is 0.755. The van der Waals surface area contributed by atoms with Crippen LogP contribution in [-0.4, -0.2) is 35.3 Å². The van der Waals surface area contributed by atoms with Crippen molar-refractivity contribution in [2.24, 2.45) is 10.9 Å². The molecule has 5 nitrogen and oxygen atoms in total. The quantitative estimate of drug-likeness (QED) is 0.144. The van der Waals surface area contributed by atoms with Crippen LogP contribution in [0.2, 0.25) is 0 Å². The molecule has 12 heavy (non-hydrogen) atoms. The highest BCUT2D eigenvalue weighted by atomic mass is 16.4. The first-order valence-electron chi connectivity index (χ1n) is 4.02. The Balaban J connectivity index is 3.11. The van der Waals surface area contributed by atoms with Crippen molar-refractivity contribution in [3.8, 4) is 0 Å². The van der Waals surface area contributed by atoms with E-state index in [2.05, 4.69) is 10.5 Å². The van der Waals surface area contributed by atoms with E-state index in [1.54, 1.807) is 6.92 Å². The molecule has 0 spiro atoms. The first kappa shape index (κ1) is 11.2. The minimum Gasteiger partial charge on any atom is -0.409 e. The molecule has 0 aliphatic heterocycles. The Kier molecular flexibility index (Phi) is 6.41. The maximum Gasteiger partial charge on any atom is 0.139 e. The fourth-order valence-corrected chi connectivity index (χ4v) is 0.755. The molecule has 5 heteroatoms. The van der Waals surface area contributed by atoms with Gasteiger partial charge in [-0.15, -0.1) is 0 Å². The first-order valence-corrected chi connectivity index (χ1v) is 4.02. The second-order valence-corrected chi connectivity index (χ2v) is 2.75. The van der Waals surface area contributed by atoms with Gasteiger partial charge in [0.05, 0.1) is 6.10 Å². The Morgan fingerprint density at radius 1 is 1.67 bits per heavy atom. The van der Waals surface area contributed by atoms with Crippen LogP contribution in [0.3, 0.4) is 0 Å². The number of nitrogens with one attached hydrogen (secondary N) is 1. The van der Waals surface area contributed by atoms with Gasteiger partial charge in [-0.25, -0.2) is 0 Å². The predicted molar refractivity (Wildman–Crippen MR) is 47.2 cm³/mol. The Morgan fingerprint density at radius 3 is 2.83 bits per heavy atom. The van der Waals surface area contributed by atoms with E-state index in [1.807, 2.05) is 0 Å². The molecule has 72 valence electrons. The van der Waals surface area contributed by atoms with Crippen molar-refractivity contribution < 1.29 is 10.3 Å². The molecule has 0 aromatic rings. The monoisotopic (exact) mass is 175 g/mol. The molecular weight excluding hydrogens is 158 g/mol. The van der Waals surface area contributed by atoms with Gasteiger partial charge in [-0.3, -0.25) is 0 Å². The Bertz CT molecular complexity index is 137. The van der Waals surface area contributed by atoms with Crippen LogP contribution in [0.5, 0.6) is 0 Å². The zero-order chi connectivity index (χ0) is 9.40. The number of amidine groups is 1. The number of aliphatic hydroxyl groups excluding tert-OH is 1. The molecule has 0 fully saturated rings. The number of nitrogens with zero attached hydrogens (tertiary/aromatic N) is 1. The van der Waals surface area contributed by atoms with Crippen molar-refractivity contribution in [1.29, 1.82) is 0 Å². The molecule has 0 bridgehead atoms. The van der Waals surface area contributed by atoms with Gasteiger partial charge in [-0.2, -0.15) is 0 Å². The van der Waals surface area contributed by atoms with Gasteiger partial charge < -0.3 is 21.4 Å². The van der Waals surface area contributed by atoms with E-state index >= 15 is 0 Å². The van der Waals surface area contributed by atoms with E-state index in [0.29, 0.717) is 13.0 Å². The van der Waals surface area contributed by atoms with Crippen molar-refractivity contribution in [2.75, 3.05) is 13.1 Å². The van der Waals surface area contributed by atoms with Crippen LogP contribution in [0.1, 0.15) is 19.8 Å². The third kappa shape index (κ3) is 7.30.